The average Bonchev–Trinajstić information content (AvgIpc) is 2.51. The van der Waals surface area contributed by atoms with Gasteiger partial charge in [-0.15, -0.1) is 0 Å². The van der Waals surface area contributed by atoms with Crippen LogP contribution in [0.25, 0.3) is 11.4 Å². The van der Waals surface area contributed by atoms with Gasteiger partial charge in [-0.3, -0.25) is 0 Å². The molecule has 4 heteroatoms. The van der Waals surface area contributed by atoms with Crippen LogP contribution in [0.15, 0.2) is 22.7 Å². The zero-order valence-electron chi connectivity index (χ0n) is 7.91. The Bertz CT molecular complexity index is 445. The molecule has 0 unspecified atom stereocenters. The summed E-state index contributed by atoms with van der Waals surface area (Å²) >= 11 is 5.57. The molecular formula is C10H9ClN2O. The van der Waals surface area contributed by atoms with Gasteiger partial charge in [-0.1, -0.05) is 23.4 Å². The van der Waals surface area contributed by atoms with E-state index in [0.29, 0.717) is 5.82 Å². The van der Waals surface area contributed by atoms with Gasteiger partial charge in [-0.05, 0) is 36.6 Å². The highest BCUT2D eigenvalue weighted by Crippen LogP contribution is 2.24. The fourth-order valence-corrected chi connectivity index (χ4v) is 1.59. The summed E-state index contributed by atoms with van der Waals surface area (Å²) in [6.45, 7) is 4.01. The van der Waals surface area contributed by atoms with Gasteiger partial charge in [-0.25, -0.2) is 0 Å². The van der Waals surface area contributed by atoms with Crippen molar-refractivity contribution < 1.29 is 4.52 Å². The lowest BCUT2D eigenvalue weighted by molar-refractivity contribution is 0.420. The number of aryl methyl sites for hydroxylation is 2. The summed E-state index contributed by atoms with van der Waals surface area (Å²) in [6.07, 6.45) is 0. The molecule has 1 aromatic heterocycles. The summed E-state index contributed by atoms with van der Waals surface area (Å²) in [5, 5.41) is 3.86. The first-order valence-corrected chi connectivity index (χ1v) is 4.62. The monoisotopic (exact) mass is 208 g/mol. The van der Waals surface area contributed by atoms with Crippen LogP contribution in [-0.2, 0) is 0 Å². The van der Waals surface area contributed by atoms with Crippen LogP contribution in [0.4, 0.5) is 0 Å². The number of halogens is 1. The Morgan fingerprint density at radius 1 is 1.21 bits per heavy atom. The van der Waals surface area contributed by atoms with E-state index in [1.165, 1.54) is 0 Å². The Morgan fingerprint density at radius 3 is 2.36 bits per heavy atom. The van der Waals surface area contributed by atoms with Gasteiger partial charge < -0.3 is 4.52 Å². The molecule has 14 heavy (non-hydrogen) atoms. The molecule has 2 aromatic rings. The highest BCUT2D eigenvalue weighted by molar-refractivity contribution is 6.27. The second-order valence-corrected chi connectivity index (χ2v) is 3.46. The molecule has 0 aliphatic heterocycles. The van der Waals surface area contributed by atoms with Crippen LogP contribution in [0.2, 0.25) is 5.35 Å². The van der Waals surface area contributed by atoms with E-state index in [2.05, 4.69) is 10.1 Å². The molecule has 0 radical (unpaired) electrons. The maximum atomic E-state index is 5.57. The lowest BCUT2D eigenvalue weighted by Crippen LogP contribution is -1.89. The standard InChI is InChI=1S/C10H9ClN2O/c1-6-4-3-5-7(2)8(6)9-12-10(11)14-13-9/h3-5H,1-2H3. The van der Waals surface area contributed by atoms with Gasteiger partial charge in [0.25, 0.3) is 0 Å². The quantitative estimate of drug-likeness (QED) is 0.723. The Kier molecular flexibility index (Phi) is 2.25. The first-order valence-electron chi connectivity index (χ1n) is 4.24. The van der Waals surface area contributed by atoms with Crippen molar-refractivity contribution in [3.05, 3.63) is 34.7 Å². The molecule has 0 fully saturated rings. The topological polar surface area (TPSA) is 38.9 Å². The third kappa shape index (κ3) is 1.51. The molecule has 72 valence electrons. The van der Waals surface area contributed by atoms with Crippen molar-refractivity contribution in [1.82, 2.24) is 10.1 Å². The molecule has 0 aliphatic carbocycles. The summed E-state index contributed by atoms with van der Waals surface area (Å²) in [4.78, 5) is 3.99. The molecule has 1 aromatic carbocycles. The minimum atomic E-state index is 0.0719. The normalized spacial score (nSPS) is 10.5. The van der Waals surface area contributed by atoms with Gasteiger partial charge in [0.15, 0.2) is 0 Å². The summed E-state index contributed by atoms with van der Waals surface area (Å²) in [5.41, 5.74) is 3.22. The van der Waals surface area contributed by atoms with Crippen molar-refractivity contribution >= 4 is 11.6 Å². The molecule has 0 saturated carbocycles. The van der Waals surface area contributed by atoms with Crippen LogP contribution < -0.4 is 0 Å². The van der Waals surface area contributed by atoms with E-state index in [0.717, 1.165) is 16.7 Å². The minimum Gasteiger partial charge on any atom is -0.321 e. The second kappa shape index (κ2) is 3.42. The lowest BCUT2D eigenvalue weighted by atomic mass is 10.0. The summed E-state index contributed by atoms with van der Waals surface area (Å²) in [7, 11) is 0. The number of benzene rings is 1. The summed E-state index contributed by atoms with van der Waals surface area (Å²) < 4.78 is 4.73. The molecule has 0 bridgehead atoms. The maximum Gasteiger partial charge on any atom is 0.320 e. The van der Waals surface area contributed by atoms with Gasteiger partial charge in [0.1, 0.15) is 0 Å². The van der Waals surface area contributed by atoms with E-state index in [-0.39, 0.29) is 5.35 Å². The molecule has 0 amide bonds. The number of aromatic nitrogens is 2. The highest BCUT2D eigenvalue weighted by atomic mass is 35.5. The third-order valence-corrected chi connectivity index (χ3v) is 2.26. The Balaban J connectivity index is 2.61. The lowest BCUT2D eigenvalue weighted by Gasteiger charge is -2.03. The third-order valence-electron chi connectivity index (χ3n) is 2.11. The Hall–Kier alpha value is -1.35. The molecule has 3 nitrogen and oxygen atoms in total. The SMILES string of the molecule is Cc1cccc(C)c1-c1noc(Cl)n1. The van der Waals surface area contributed by atoms with E-state index in [1.54, 1.807) is 0 Å². The van der Waals surface area contributed by atoms with Crippen LogP contribution in [0, 0.1) is 13.8 Å². The number of hydrogen-bond donors (Lipinski definition) is 0. The van der Waals surface area contributed by atoms with E-state index in [1.807, 2.05) is 32.0 Å². The van der Waals surface area contributed by atoms with Crippen molar-refractivity contribution in [2.24, 2.45) is 0 Å². The van der Waals surface area contributed by atoms with Crippen molar-refractivity contribution in [3.8, 4) is 11.4 Å². The van der Waals surface area contributed by atoms with E-state index in [4.69, 9.17) is 16.1 Å². The smallest absolute Gasteiger partial charge is 0.320 e. The molecule has 0 atom stereocenters. The van der Waals surface area contributed by atoms with E-state index in [9.17, 15) is 0 Å². The van der Waals surface area contributed by atoms with Gasteiger partial charge >= 0.3 is 5.35 Å². The zero-order chi connectivity index (χ0) is 10.1. The van der Waals surface area contributed by atoms with Crippen molar-refractivity contribution in [1.29, 1.82) is 0 Å². The first kappa shape index (κ1) is 9.21. The highest BCUT2D eigenvalue weighted by Gasteiger charge is 2.11. The van der Waals surface area contributed by atoms with Crippen LogP contribution in [0.3, 0.4) is 0 Å². The first-order chi connectivity index (χ1) is 6.68. The van der Waals surface area contributed by atoms with Crippen LogP contribution in [0.1, 0.15) is 11.1 Å². The zero-order valence-corrected chi connectivity index (χ0v) is 8.67. The average molecular weight is 209 g/mol. The van der Waals surface area contributed by atoms with E-state index < -0.39 is 0 Å². The molecule has 0 spiro atoms. The Morgan fingerprint density at radius 2 is 1.86 bits per heavy atom. The molecule has 2 rings (SSSR count). The predicted molar refractivity (Wildman–Crippen MR) is 54.2 cm³/mol. The molecule has 0 aliphatic rings. The molecule has 0 N–H and O–H groups in total. The largest absolute Gasteiger partial charge is 0.321 e. The summed E-state index contributed by atoms with van der Waals surface area (Å²) in [6, 6.07) is 6.01. The maximum absolute atomic E-state index is 5.57. The number of nitrogens with zero attached hydrogens (tertiary/aromatic N) is 2. The van der Waals surface area contributed by atoms with Gasteiger partial charge in [0.2, 0.25) is 5.82 Å². The van der Waals surface area contributed by atoms with Crippen molar-refractivity contribution in [3.63, 3.8) is 0 Å². The van der Waals surface area contributed by atoms with Crippen LogP contribution >= 0.6 is 11.6 Å². The number of hydrogen-bond acceptors (Lipinski definition) is 3. The second-order valence-electron chi connectivity index (χ2n) is 3.14. The van der Waals surface area contributed by atoms with Gasteiger partial charge in [0.05, 0.1) is 0 Å². The fraction of sp³-hybridized carbons (Fsp3) is 0.200. The predicted octanol–water partition coefficient (Wildman–Crippen LogP) is 3.01. The molecular weight excluding hydrogens is 200 g/mol. The van der Waals surface area contributed by atoms with Crippen molar-refractivity contribution in [2.75, 3.05) is 0 Å². The molecule has 1 heterocycles. The summed E-state index contributed by atoms with van der Waals surface area (Å²) in [5.74, 6) is 0.547. The van der Waals surface area contributed by atoms with Crippen molar-refractivity contribution in [2.45, 2.75) is 13.8 Å². The van der Waals surface area contributed by atoms with Crippen LogP contribution in [-0.4, -0.2) is 10.1 Å². The molecule has 0 saturated heterocycles. The van der Waals surface area contributed by atoms with Gasteiger partial charge in [0, 0.05) is 5.56 Å². The Labute approximate surface area is 86.7 Å². The van der Waals surface area contributed by atoms with E-state index >= 15 is 0 Å². The van der Waals surface area contributed by atoms with Gasteiger partial charge in [-0.2, -0.15) is 4.98 Å². The number of rotatable bonds is 1. The minimum absolute atomic E-state index is 0.0719. The fourth-order valence-electron chi connectivity index (χ4n) is 1.47. The van der Waals surface area contributed by atoms with Crippen LogP contribution in [0.5, 0.6) is 0 Å².